The quantitative estimate of drug-likeness (QED) is 0.551. The second-order valence-electron chi connectivity index (χ2n) is 6.06. The van der Waals surface area contributed by atoms with Crippen molar-refractivity contribution in [3.8, 4) is 0 Å². The van der Waals surface area contributed by atoms with Crippen LogP contribution in [0.5, 0.6) is 0 Å². The Balaban J connectivity index is 2.46. The number of carbonyl (C=O) groups is 1. The molecule has 1 saturated carbocycles. The number of sulfonamides is 1. The number of hydrogen-bond donors (Lipinski definition) is 1. The molecule has 0 radical (unpaired) electrons. The summed E-state index contributed by atoms with van der Waals surface area (Å²) in [7, 11) is -3.32. The molecule has 1 aliphatic carbocycles. The second kappa shape index (κ2) is 9.41. The molecular weight excluding hydrogens is 288 g/mol. The molecule has 124 valence electrons. The number of nitrogens with one attached hydrogen (secondary N) is 1. The van der Waals surface area contributed by atoms with Crippen LogP contribution >= 0.6 is 0 Å². The molecule has 0 aromatic rings. The van der Waals surface area contributed by atoms with E-state index >= 15 is 0 Å². The Labute approximate surface area is 129 Å². The molecule has 1 N–H and O–H groups in total. The van der Waals surface area contributed by atoms with Gasteiger partial charge in [-0.3, -0.25) is 4.79 Å². The van der Waals surface area contributed by atoms with Crippen molar-refractivity contribution in [1.29, 1.82) is 0 Å². The molecule has 0 atom stereocenters. The van der Waals surface area contributed by atoms with E-state index < -0.39 is 10.0 Å². The number of hydrogen-bond acceptors (Lipinski definition) is 3. The van der Waals surface area contributed by atoms with Crippen LogP contribution in [0.2, 0.25) is 0 Å². The average molecular weight is 318 g/mol. The Bertz CT molecular complexity index is 401. The lowest BCUT2D eigenvalue weighted by Gasteiger charge is -2.22. The van der Waals surface area contributed by atoms with Gasteiger partial charge in [0.1, 0.15) is 0 Å². The van der Waals surface area contributed by atoms with Crippen molar-refractivity contribution in [2.45, 2.75) is 70.8 Å². The smallest absolute Gasteiger partial charge is 0.235 e. The molecule has 0 unspecified atom stereocenters. The van der Waals surface area contributed by atoms with Crippen LogP contribution in [0.1, 0.15) is 64.7 Å². The van der Waals surface area contributed by atoms with Gasteiger partial charge in [0.05, 0.1) is 12.8 Å². The molecule has 0 aliphatic heterocycles. The summed E-state index contributed by atoms with van der Waals surface area (Å²) in [6, 6.07) is 0.219. The van der Waals surface area contributed by atoms with Gasteiger partial charge in [0.2, 0.25) is 15.9 Å². The first-order valence-corrected chi connectivity index (χ1v) is 10.0. The van der Waals surface area contributed by atoms with Crippen molar-refractivity contribution in [2.24, 2.45) is 0 Å². The summed E-state index contributed by atoms with van der Waals surface area (Å²) in [6.45, 7) is 2.47. The van der Waals surface area contributed by atoms with Gasteiger partial charge in [0, 0.05) is 12.6 Å². The Morgan fingerprint density at radius 2 is 1.76 bits per heavy atom. The Hall–Kier alpha value is -0.620. The first kappa shape index (κ1) is 18.4. The van der Waals surface area contributed by atoms with E-state index in [1.165, 1.54) is 23.4 Å². The minimum absolute atomic E-state index is 0.0426. The Kier molecular flexibility index (Phi) is 8.26. The molecule has 5 nitrogen and oxygen atoms in total. The summed E-state index contributed by atoms with van der Waals surface area (Å²) in [5, 5.41) is 3.01. The normalized spacial score (nSPS) is 17.7. The van der Waals surface area contributed by atoms with Crippen molar-refractivity contribution in [1.82, 2.24) is 9.62 Å². The number of nitrogens with zero attached hydrogens (tertiary/aromatic N) is 1. The van der Waals surface area contributed by atoms with Crippen LogP contribution in [0.4, 0.5) is 0 Å². The molecule has 0 aromatic heterocycles. The van der Waals surface area contributed by atoms with Crippen molar-refractivity contribution < 1.29 is 13.2 Å². The molecule has 0 saturated heterocycles. The van der Waals surface area contributed by atoms with Gasteiger partial charge in [-0.2, -0.15) is 4.31 Å². The Morgan fingerprint density at radius 1 is 1.14 bits per heavy atom. The minimum atomic E-state index is -3.32. The highest BCUT2D eigenvalue weighted by Crippen LogP contribution is 2.17. The first-order chi connectivity index (χ1) is 9.93. The van der Waals surface area contributed by atoms with Gasteiger partial charge in [-0.25, -0.2) is 8.42 Å². The van der Waals surface area contributed by atoms with Crippen LogP contribution in [0.25, 0.3) is 0 Å². The Morgan fingerprint density at radius 3 is 2.29 bits per heavy atom. The average Bonchev–Trinajstić information content (AvgIpc) is 2.65. The molecule has 1 aliphatic rings. The second-order valence-corrected chi connectivity index (χ2v) is 8.04. The predicted molar refractivity (Wildman–Crippen MR) is 85.6 cm³/mol. The van der Waals surface area contributed by atoms with E-state index in [1.54, 1.807) is 0 Å². The monoisotopic (exact) mass is 318 g/mol. The van der Waals surface area contributed by atoms with Crippen LogP contribution in [0.3, 0.4) is 0 Å². The van der Waals surface area contributed by atoms with Crippen LogP contribution in [0.15, 0.2) is 0 Å². The topological polar surface area (TPSA) is 66.5 Å². The fraction of sp³-hybridized carbons (Fsp3) is 0.933. The summed E-state index contributed by atoms with van der Waals surface area (Å²) < 4.78 is 24.8. The number of rotatable bonds is 8. The fourth-order valence-electron chi connectivity index (χ4n) is 2.76. The van der Waals surface area contributed by atoms with Gasteiger partial charge in [-0.05, 0) is 19.3 Å². The van der Waals surface area contributed by atoms with Gasteiger partial charge in [-0.15, -0.1) is 0 Å². The fourth-order valence-corrected chi connectivity index (χ4v) is 3.57. The molecule has 6 heteroatoms. The zero-order valence-corrected chi connectivity index (χ0v) is 14.3. The summed E-state index contributed by atoms with van der Waals surface area (Å²) in [5.41, 5.74) is 0. The standard InChI is InChI=1S/C15H30N2O3S/c1-3-4-9-12-17(21(2,19)20)13-15(18)16-14-10-7-5-6-8-11-14/h14H,3-13H2,1-2H3,(H,16,18). The third kappa shape index (κ3) is 7.81. The molecule has 0 spiro atoms. The number of carbonyl (C=O) groups excluding carboxylic acids is 1. The van der Waals surface area contributed by atoms with Crippen LogP contribution in [-0.4, -0.2) is 44.0 Å². The summed E-state index contributed by atoms with van der Waals surface area (Å²) in [5.74, 6) is -0.163. The molecule has 0 aromatic carbocycles. The largest absolute Gasteiger partial charge is 0.352 e. The molecule has 21 heavy (non-hydrogen) atoms. The van der Waals surface area contributed by atoms with E-state index in [1.807, 2.05) is 0 Å². The maximum Gasteiger partial charge on any atom is 0.235 e. The molecular formula is C15H30N2O3S. The summed E-state index contributed by atoms with van der Waals surface area (Å²) in [4.78, 5) is 12.1. The van der Waals surface area contributed by atoms with Gasteiger partial charge < -0.3 is 5.32 Å². The van der Waals surface area contributed by atoms with Gasteiger partial charge in [0.25, 0.3) is 0 Å². The maximum absolute atomic E-state index is 12.1. The summed E-state index contributed by atoms with van der Waals surface area (Å²) >= 11 is 0. The van der Waals surface area contributed by atoms with Crippen molar-refractivity contribution >= 4 is 15.9 Å². The lowest BCUT2D eigenvalue weighted by atomic mass is 10.1. The summed E-state index contributed by atoms with van der Waals surface area (Å²) in [6.07, 6.45) is 10.8. The molecule has 0 bridgehead atoms. The highest BCUT2D eigenvalue weighted by molar-refractivity contribution is 7.88. The van der Waals surface area contributed by atoms with E-state index in [0.29, 0.717) is 6.54 Å². The lowest BCUT2D eigenvalue weighted by molar-refractivity contribution is -0.122. The van der Waals surface area contributed by atoms with Crippen LogP contribution < -0.4 is 5.32 Å². The van der Waals surface area contributed by atoms with Crippen LogP contribution in [-0.2, 0) is 14.8 Å². The first-order valence-electron chi connectivity index (χ1n) is 8.18. The SMILES string of the molecule is CCCCCN(CC(=O)NC1CCCCCC1)S(C)(=O)=O. The highest BCUT2D eigenvalue weighted by atomic mass is 32.2. The maximum atomic E-state index is 12.1. The minimum Gasteiger partial charge on any atom is -0.352 e. The van der Waals surface area contributed by atoms with Gasteiger partial charge in [-0.1, -0.05) is 45.4 Å². The predicted octanol–water partition coefficient (Wildman–Crippen LogP) is 2.28. The number of amides is 1. The van der Waals surface area contributed by atoms with E-state index in [0.717, 1.165) is 44.9 Å². The molecule has 0 heterocycles. The number of unbranched alkanes of at least 4 members (excludes halogenated alkanes) is 2. The van der Waals surface area contributed by atoms with E-state index in [-0.39, 0.29) is 18.5 Å². The third-order valence-electron chi connectivity index (χ3n) is 4.02. The van der Waals surface area contributed by atoms with E-state index in [2.05, 4.69) is 12.2 Å². The highest BCUT2D eigenvalue weighted by Gasteiger charge is 2.21. The van der Waals surface area contributed by atoms with Gasteiger partial charge >= 0.3 is 0 Å². The van der Waals surface area contributed by atoms with E-state index in [4.69, 9.17) is 0 Å². The van der Waals surface area contributed by atoms with Crippen LogP contribution in [0, 0.1) is 0 Å². The zero-order chi connectivity index (χ0) is 15.7. The van der Waals surface area contributed by atoms with Crippen molar-refractivity contribution in [3.05, 3.63) is 0 Å². The van der Waals surface area contributed by atoms with Crippen molar-refractivity contribution in [3.63, 3.8) is 0 Å². The third-order valence-corrected chi connectivity index (χ3v) is 5.27. The van der Waals surface area contributed by atoms with E-state index in [9.17, 15) is 13.2 Å². The van der Waals surface area contributed by atoms with Gasteiger partial charge in [0.15, 0.2) is 0 Å². The zero-order valence-electron chi connectivity index (χ0n) is 13.4. The van der Waals surface area contributed by atoms with Crippen molar-refractivity contribution in [2.75, 3.05) is 19.3 Å². The molecule has 1 amide bonds. The molecule has 1 rings (SSSR count). The lowest BCUT2D eigenvalue weighted by Crippen LogP contribution is -2.44. The molecule has 1 fully saturated rings.